The van der Waals surface area contributed by atoms with Crippen LogP contribution < -0.4 is 5.32 Å². The summed E-state index contributed by atoms with van der Waals surface area (Å²) in [5.41, 5.74) is 1.01. The fourth-order valence-electron chi connectivity index (χ4n) is 3.84. The van der Waals surface area contributed by atoms with Gasteiger partial charge in [-0.2, -0.15) is 4.31 Å². The van der Waals surface area contributed by atoms with Crippen molar-refractivity contribution < 1.29 is 18.0 Å². The van der Waals surface area contributed by atoms with Crippen LogP contribution in [0.15, 0.2) is 53.7 Å². The monoisotopic (exact) mass is 458 g/mol. The molecule has 2 heterocycles. The predicted octanol–water partition coefficient (Wildman–Crippen LogP) is 2.39. The van der Waals surface area contributed by atoms with E-state index in [1.54, 1.807) is 50.5 Å². The van der Waals surface area contributed by atoms with Gasteiger partial charge in [0, 0.05) is 50.7 Å². The van der Waals surface area contributed by atoms with E-state index in [1.807, 2.05) is 4.90 Å². The van der Waals surface area contributed by atoms with Gasteiger partial charge in [-0.3, -0.25) is 14.6 Å². The third-order valence-corrected chi connectivity index (χ3v) is 7.89. The van der Waals surface area contributed by atoms with Gasteiger partial charge in [0.05, 0.1) is 10.5 Å². The summed E-state index contributed by atoms with van der Waals surface area (Å²) in [6, 6.07) is 9.55. The Bertz CT molecular complexity index is 1010. The van der Waals surface area contributed by atoms with Crippen molar-refractivity contribution >= 4 is 21.8 Å². The Morgan fingerprint density at radius 3 is 2.28 bits per heavy atom. The van der Waals surface area contributed by atoms with Gasteiger partial charge in [0.2, 0.25) is 10.0 Å². The average molecular weight is 459 g/mol. The Labute approximate surface area is 189 Å². The third-order valence-electron chi connectivity index (χ3n) is 5.82. The highest BCUT2D eigenvalue weighted by atomic mass is 32.2. The molecule has 0 saturated carbocycles. The number of pyridine rings is 1. The van der Waals surface area contributed by atoms with Crippen LogP contribution in [0.3, 0.4) is 0 Å². The topological polar surface area (TPSA) is 99.7 Å². The van der Waals surface area contributed by atoms with Gasteiger partial charge < -0.3 is 10.2 Å². The second-order valence-corrected chi connectivity index (χ2v) is 9.74. The van der Waals surface area contributed by atoms with Crippen molar-refractivity contribution in [3.05, 3.63) is 59.9 Å². The average Bonchev–Trinajstić information content (AvgIpc) is 2.83. The quantitative estimate of drug-likeness (QED) is 0.655. The van der Waals surface area contributed by atoms with Gasteiger partial charge in [-0.05, 0) is 55.2 Å². The molecule has 0 aliphatic carbocycles. The number of likely N-dealkylation sites (tertiary alicyclic amines) is 1. The van der Waals surface area contributed by atoms with E-state index < -0.39 is 10.0 Å². The summed E-state index contributed by atoms with van der Waals surface area (Å²) in [4.78, 5) is 31.0. The van der Waals surface area contributed by atoms with Crippen LogP contribution in [-0.2, 0) is 10.0 Å². The number of sulfonamides is 1. The first-order valence-corrected chi connectivity index (χ1v) is 12.4. The van der Waals surface area contributed by atoms with E-state index in [9.17, 15) is 18.0 Å². The molecule has 3 rings (SSSR count). The highest BCUT2D eigenvalue weighted by molar-refractivity contribution is 7.89. The van der Waals surface area contributed by atoms with Crippen LogP contribution >= 0.6 is 0 Å². The van der Waals surface area contributed by atoms with Crippen molar-refractivity contribution in [3.63, 3.8) is 0 Å². The summed E-state index contributed by atoms with van der Waals surface area (Å²) >= 11 is 0. The number of piperidine rings is 1. The lowest BCUT2D eigenvalue weighted by molar-refractivity contribution is 0.0684. The number of nitrogens with zero attached hydrogens (tertiary/aromatic N) is 3. The molecule has 1 fully saturated rings. The Hall–Kier alpha value is -2.78. The van der Waals surface area contributed by atoms with Gasteiger partial charge in [-0.15, -0.1) is 0 Å². The van der Waals surface area contributed by atoms with E-state index >= 15 is 0 Å². The molecular formula is C23H30N4O4S. The minimum atomic E-state index is -3.54. The van der Waals surface area contributed by atoms with E-state index in [4.69, 9.17) is 0 Å². The molecule has 9 heteroatoms. The summed E-state index contributed by atoms with van der Waals surface area (Å²) in [6.45, 7) is 6.19. The second kappa shape index (κ2) is 10.7. The number of benzene rings is 1. The molecule has 8 nitrogen and oxygen atoms in total. The van der Waals surface area contributed by atoms with Crippen molar-refractivity contribution in [2.75, 3.05) is 32.7 Å². The number of nitrogens with one attached hydrogen (secondary N) is 1. The van der Waals surface area contributed by atoms with Gasteiger partial charge in [0.15, 0.2) is 0 Å². The molecule has 0 spiro atoms. The molecule has 2 aromatic rings. The van der Waals surface area contributed by atoms with Crippen LogP contribution in [-0.4, -0.2) is 67.1 Å². The third kappa shape index (κ3) is 5.52. The van der Waals surface area contributed by atoms with E-state index in [1.165, 1.54) is 16.4 Å². The maximum atomic E-state index is 12.6. The summed E-state index contributed by atoms with van der Waals surface area (Å²) in [5.74, 6) is 0.0465. The molecule has 1 N–H and O–H groups in total. The summed E-state index contributed by atoms with van der Waals surface area (Å²) < 4.78 is 26.5. The SMILES string of the molecule is CCN(CC)S(=O)(=O)c1ccc(C(=O)NCC2CCN(C(=O)c3cccnc3)CC2)cc1. The first kappa shape index (κ1) is 23.9. The Morgan fingerprint density at radius 2 is 1.72 bits per heavy atom. The lowest BCUT2D eigenvalue weighted by atomic mass is 9.96. The zero-order chi connectivity index (χ0) is 23.1. The molecular weight excluding hydrogens is 428 g/mol. The standard InChI is InChI=1S/C23H30N4O4S/c1-3-27(4-2)32(30,31)21-9-7-19(8-10-21)22(28)25-16-18-11-14-26(15-12-18)23(29)20-6-5-13-24-17-20/h5-10,13,17-18H,3-4,11-12,14-16H2,1-2H3,(H,25,28). The van der Waals surface area contributed by atoms with E-state index in [2.05, 4.69) is 10.3 Å². The normalized spacial score (nSPS) is 15.0. The number of aromatic nitrogens is 1. The van der Waals surface area contributed by atoms with Crippen molar-refractivity contribution in [2.24, 2.45) is 5.92 Å². The van der Waals surface area contributed by atoms with Gasteiger partial charge in [0.25, 0.3) is 11.8 Å². The first-order valence-electron chi connectivity index (χ1n) is 10.9. The molecule has 1 aliphatic heterocycles. The van der Waals surface area contributed by atoms with Gasteiger partial charge >= 0.3 is 0 Å². The minimum absolute atomic E-state index is 0.0136. The van der Waals surface area contributed by atoms with Gasteiger partial charge in [0.1, 0.15) is 0 Å². The Kier molecular flexibility index (Phi) is 7.98. The maximum Gasteiger partial charge on any atom is 0.255 e. The molecule has 1 saturated heterocycles. The van der Waals surface area contributed by atoms with Crippen LogP contribution in [0.4, 0.5) is 0 Å². The van der Waals surface area contributed by atoms with Crippen LogP contribution in [0.5, 0.6) is 0 Å². The molecule has 1 aromatic carbocycles. The zero-order valence-corrected chi connectivity index (χ0v) is 19.3. The largest absolute Gasteiger partial charge is 0.352 e. The molecule has 32 heavy (non-hydrogen) atoms. The molecule has 0 atom stereocenters. The number of hydrogen-bond donors (Lipinski definition) is 1. The lowest BCUT2D eigenvalue weighted by Gasteiger charge is -2.32. The van der Waals surface area contributed by atoms with Crippen LogP contribution in [0.2, 0.25) is 0 Å². The summed E-state index contributed by atoms with van der Waals surface area (Å²) in [7, 11) is -3.54. The fourth-order valence-corrected chi connectivity index (χ4v) is 5.30. The van der Waals surface area contributed by atoms with Crippen LogP contribution in [0.1, 0.15) is 47.4 Å². The van der Waals surface area contributed by atoms with Crippen LogP contribution in [0, 0.1) is 5.92 Å². The molecule has 0 radical (unpaired) electrons. The smallest absolute Gasteiger partial charge is 0.255 e. The summed E-state index contributed by atoms with van der Waals surface area (Å²) in [5, 5.41) is 2.94. The highest BCUT2D eigenvalue weighted by Crippen LogP contribution is 2.19. The molecule has 0 bridgehead atoms. The molecule has 172 valence electrons. The van der Waals surface area contributed by atoms with Gasteiger partial charge in [-0.25, -0.2) is 8.42 Å². The van der Waals surface area contributed by atoms with Crippen molar-refractivity contribution in [1.29, 1.82) is 0 Å². The number of carbonyl (C=O) groups is 2. The molecule has 1 aromatic heterocycles. The number of rotatable bonds is 8. The lowest BCUT2D eigenvalue weighted by Crippen LogP contribution is -2.41. The van der Waals surface area contributed by atoms with E-state index in [-0.39, 0.29) is 16.7 Å². The van der Waals surface area contributed by atoms with Crippen LogP contribution in [0.25, 0.3) is 0 Å². The highest BCUT2D eigenvalue weighted by Gasteiger charge is 2.25. The second-order valence-electron chi connectivity index (χ2n) is 7.80. The fraction of sp³-hybridized carbons (Fsp3) is 0.435. The predicted molar refractivity (Wildman–Crippen MR) is 122 cm³/mol. The van der Waals surface area contributed by atoms with Crippen molar-refractivity contribution in [1.82, 2.24) is 19.5 Å². The zero-order valence-electron chi connectivity index (χ0n) is 18.5. The summed E-state index contributed by atoms with van der Waals surface area (Å²) in [6.07, 6.45) is 4.84. The Balaban J connectivity index is 1.50. The number of amides is 2. The number of carbonyl (C=O) groups excluding carboxylic acids is 2. The molecule has 1 aliphatic rings. The number of hydrogen-bond acceptors (Lipinski definition) is 5. The van der Waals surface area contributed by atoms with Gasteiger partial charge in [-0.1, -0.05) is 13.8 Å². The first-order chi connectivity index (χ1) is 15.4. The Morgan fingerprint density at radius 1 is 1.06 bits per heavy atom. The van der Waals surface area contributed by atoms with E-state index in [0.29, 0.717) is 49.8 Å². The maximum absolute atomic E-state index is 12.6. The van der Waals surface area contributed by atoms with Crippen molar-refractivity contribution in [2.45, 2.75) is 31.6 Å². The minimum Gasteiger partial charge on any atom is -0.352 e. The van der Waals surface area contributed by atoms with Crippen molar-refractivity contribution in [3.8, 4) is 0 Å². The molecule has 2 amide bonds. The van der Waals surface area contributed by atoms with E-state index in [0.717, 1.165) is 12.8 Å². The molecule has 0 unspecified atom stereocenters.